The van der Waals surface area contributed by atoms with Gasteiger partial charge in [0.2, 0.25) is 36.4 Å². The van der Waals surface area contributed by atoms with Gasteiger partial charge in [-0.2, -0.15) is 4.31 Å². The Kier molecular flexibility index (Phi) is 37.6. The number of benzene rings is 8. The van der Waals surface area contributed by atoms with Gasteiger partial charge in [-0.15, -0.1) is 0 Å². The van der Waals surface area contributed by atoms with Crippen molar-refractivity contribution in [2.75, 3.05) is 104 Å². The molecule has 11 rings (SSSR count). The summed E-state index contributed by atoms with van der Waals surface area (Å²) in [5, 5.41) is 9.96. The summed E-state index contributed by atoms with van der Waals surface area (Å²) < 4.78 is 103. The first kappa shape index (κ1) is 101. The Hall–Kier alpha value is -11.0. The highest BCUT2D eigenvalue weighted by Crippen LogP contribution is 2.35. The number of carbonyl (C=O) groups is 2. The molecule has 0 spiro atoms. The zero-order valence-electron chi connectivity index (χ0n) is 75.6. The van der Waals surface area contributed by atoms with Gasteiger partial charge in [0, 0.05) is 93.3 Å². The third-order valence-corrected chi connectivity index (χ3v) is 25.7. The number of methoxy groups -OCH3 is 1. The van der Waals surface area contributed by atoms with Gasteiger partial charge >= 0.3 is 0 Å². The third kappa shape index (κ3) is 28.0. The predicted octanol–water partition coefficient (Wildman–Crippen LogP) is 18.6. The Balaban J connectivity index is 0.000000270. The van der Waals surface area contributed by atoms with E-state index in [1.165, 1.54) is 59.0 Å². The molecule has 0 aliphatic rings. The molecule has 0 saturated heterocycles. The summed E-state index contributed by atoms with van der Waals surface area (Å²) in [6.07, 6.45) is 17.6. The second kappa shape index (κ2) is 48.3. The molecule has 0 saturated carbocycles. The number of anilines is 5. The van der Waals surface area contributed by atoms with E-state index in [1.54, 1.807) is 101 Å². The molecule has 34 heteroatoms. The van der Waals surface area contributed by atoms with Gasteiger partial charge < -0.3 is 40.0 Å². The van der Waals surface area contributed by atoms with Crippen molar-refractivity contribution in [2.45, 2.75) is 157 Å². The predicted molar refractivity (Wildman–Crippen MR) is 526 cm³/mol. The summed E-state index contributed by atoms with van der Waals surface area (Å²) in [6, 6.07) is 48.2. The van der Waals surface area contributed by atoms with Crippen LogP contribution in [0.2, 0.25) is 15.1 Å². The number of fused-ring (bicyclic) bond motifs is 2. The Bertz CT molecular complexity index is 6320. The maximum absolute atomic E-state index is 14.9. The maximum atomic E-state index is 14.9. The quantitative estimate of drug-likeness (QED) is 0.0134. The van der Waals surface area contributed by atoms with Crippen molar-refractivity contribution in [1.29, 1.82) is 0 Å². The molecule has 2 amide bonds. The second-order valence-corrected chi connectivity index (χ2v) is 38.3. The van der Waals surface area contributed by atoms with E-state index < -0.39 is 59.3 Å². The van der Waals surface area contributed by atoms with Gasteiger partial charge in [0.05, 0.1) is 90.5 Å². The summed E-state index contributed by atoms with van der Waals surface area (Å²) in [7, 11) is -9.26. The van der Waals surface area contributed by atoms with E-state index >= 15 is 0 Å². The van der Waals surface area contributed by atoms with E-state index in [9.17, 15) is 44.4 Å². The molecule has 130 heavy (non-hydrogen) atoms. The molecular weight excluding hydrogens is 1770 g/mol. The van der Waals surface area contributed by atoms with Gasteiger partial charge in [-0.1, -0.05) is 168 Å². The highest BCUT2D eigenvalue weighted by Gasteiger charge is 2.31. The van der Waals surface area contributed by atoms with Crippen LogP contribution in [0.4, 0.5) is 39.8 Å². The average molecular weight is 1890 g/mol. The fraction of sp³-hybridized carbons (Fsp3) is 0.365. The summed E-state index contributed by atoms with van der Waals surface area (Å²) >= 11 is 19.8. The molecule has 1 unspecified atom stereocenters. The lowest BCUT2D eigenvalue weighted by Gasteiger charge is -2.24. The minimum Gasteiger partial charge on any atom is -0.495 e. The molecule has 3 aromatic heterocycles. The standard InChI is InChI=1S/C49H65ClN8O6S2.C47H51Cl2N7O7S/c1-6-9-11-13-15-19-32-57(33-20-16-14-12-10-7-2)66(63,64)40-24-25-42(50)45(36-40)55-48(59)46(53-43-26-23-39(35-37(43)4)56(8-3)34-31-52-65(5,61)62)47-54-44-22-18-17-21-41(44)49(60)58(47)38-27-29-51-30-28-38;1-8-42(63-40-19-15-29(3)23-31(40)5)62-28-50-33-16-20-41(61-6)39(27-33)53-46(57)44(52-38-18-17-35(24-30(38)4)55(9-2)22-21-51-64(7,59)60)45-54-43-36(25-32(48)26-37(43)49)47(58)56(45)34-13-11-10-12-14-34/h17-18,21-30,35-36,52H,6-16,19-20,31-34H2,1-5H3,(H,55,59);10-20,23-27,42,50-51H,8-9,21-22,28H2,1-7H3,(H,53,57). The number of aliphatic imine (C=N–C) groups is 2. The second-order valence-electron chi connectivity index (χ2n) is 31.5. The van der Waals surface area contributed by atoms with Crippen LogP contribution in [-0.2, 0) is 44.4 Å². The van der Waals surface area contributed by atoms with Crippen molar-refractivity contribution >= 4 is 150 Å². The Morgan fingerprint density at radius 2 is 1.05 bits per heavy atom. The maximum Gasteiger partial charge on any atom is 0.278 e. The Morgan fingerprint density at radius 3 is 1.59 bits per heavy atom. The minimum absolute atomic E-state index is 0.00572. The van der Waals surface area contributed by atoms with Crippen LogP contribution in [0.25, 0.3) is 33.2 Å². The van der Waals surface area contributed by atoms with Crippen LogP contribution in [0, 0.1) is 27.7 Å². The van der Waals surface area contributed by atoms with Crippen LogP contribution in [-0.4, -0.2) is 162 Å². The largest absolute Gasteiger partial charge is 0.495 e. The van der Waals surface area contributed by atoms with Crippen LogP contribution in [0.3, 0.4) is 0 Å². The molecule has 8 aromatic carbocycles. The number of unbranched alkanes of at least 4 members (excludes halogenated alkanes) is 10. The molecule has 0 radical (unpaired) electrons. The van der Waals surface area contributed by atoms with Crippen molar-refractivity contribution in [3.05, 3.63) is 252 Å². The number of nitrogens with one attached hydrogen (secondary N) is 5. The van der Waals surface area contributed by atoms with E-state index in [0.717, 1.165) is 118 Å². The number of nitrogens with zero attached hydrogens (tertiary/aromatic N) is 10. The summed E-state index contributed by atoms with van der Waals surface area (Å²) in [6.45, 7) is 21.2. The molecule has 692 valence electrons. The fourth-order valence-corrected chi connectivity index (χ4v) is 17.8. The van der Waals surface area contributed by atoms with E-state index in [4.69, 9.17) is 69.0 Å². The van der Waals surface area contributed by atoms with E-state index in [0.29, 0.717) is 102 Å². The fourth-order valence-electron chi connectivity index (χ4n) is 14.7. The van der Waals surface area contributed by atoms with Crippen molar-refractivity contribution in [3.8, 4) is 22.9 Å². The first-order valence-electron chi connectivity index (χ1n) is 43.6. The van der Waals surface area contributed by atoms with Gasteiger partial charge in [0.15, 0.2) is 23.1 Å². The van der Waals surface area contributed by atoms with E-state index in [1.807, 2.05) is 94.7 Å². The number of ether oxygens (including phenoxy) is 3. The summed E-state index contributed by atoms with van der Waals surface area (Å²) in [5.74, 6) is -0.588. The lowest BCUT2D eigenvalue weighted by molar-refractivity contribution is -0.111. The van der Waals surface area contributed by atoms with Crippen molar-refractivity contribution in [2.24, 2.45) is 9.98 Å². The smallest absolute Gasteiger partial charge is 0.278 e. The lowest BCUT2D eigenvalue weighted by atomic mass is 10.1. The first-order valence-corrected chi connectivity index (χ1v) is 50.0. The Labute approximate surface area is 777 Å². The molecule has 1 atom stereocenters. The van der Waals surface area contributed by atoms with Crippen LogP contribution >= 0.6 is 34.8 Å². The highest BCUT2D eigenvalue weighted by atomic mass is 35.5. The van der Waals surface area contributed by atoms with Crippen molar-refractivity contribution < 1.29 is 49.1 Å². The third-order valence-electron chi connectivity index (χ3n) is 21.5. The molecule has 0 fully saturated rings. The van der Waals surface area contributed by atoms with E-state index in [2.05, 4.69) is 50.3 Å². The van der Waals surface area contributed by atoms with Crippen LogP contribution < -0.4 is 55.8 Å². The van der Waals surface area contributed by atoms with E-state index in [-0.39, 0.29) is 85.1 Å². The number of hydrogen-bond donors (Lipinski definition) is 5. The summed E-state index contributed by atoms with van der Waals surface area (Å²) in [5.41, 5.74) is 6.68. The number of likely N-dealkylation sites (N-methyl/N-ethyl adjacent to an activating group) is 2. The zero-order valence-corrected chi connectivity index (χ0v) is 80.3. The first-order chi connectivity index (χ1) is 62.3. The number of aromatic nitrogens is 5. The normalized spacial score (nSPS) is 12.2. The molecule has 11 aromatic rings. The van der Waals surface area contributed by atoms with Crippen molar-refractivity contribution in [3.63, 3.8) is 0 Å². The lowest BCUT2D eigenvalue weighted by Crippen LogP contribution is -2.34. The molecule has 0 bridgehead atoms. The number of halogens is 3. The molecular formula is C96H116Cl3N15O13S3. The number of pyridine rings is 1. The van der Waals surface area contributed by atoms with Crippen LogP contribution in [0.15, 0.2) is 207 Å². The van der Waals surface area contributed by atoms with Crippen molar-refractivity contribution in [1.82, 2.24) is 37.8 Å². The molecule has 0 aliphatic carbocycles. The molecule has 5 N–H and O–H groups in total. The van der Waals surface area contributed by atoms with Crippen LogP contribution in [0.1, 0.15) is 152 Å². The van der Waals surface area contributed by atoms with Gasteiger partial charge in [0.25, 0.3) is 22.9 Å². The van der Waals surface area contributed by atoms with Gasteiger partial charge in [-0.3, -0.25) is 33.3 Å². The number of rotatable bonds is 46. The minimum atomic E-state index is -4.01. The highest BCUT2D eigenvalue weighted by molar-refractivity contribution is 7.89. The summed E-state index contributed by atoms with van der Waals surface area (Å²) in [4.78, 5) is 86.5. The topological polar surface area (TPSA) is 342 Å². The van der Waals surface area contributed by atoms with Gasteiger partial charge in [0.1, 0.15) is 18.2 Å². The SMILES string of the molecule is CCC(OCNc1ccc(OC)c(NC(=O)C(=Nc2ccc(N(CC)CCNS(C)(=O)=O)cc2C)c2nc3c(Cl)cc(Cl)cc3c(=O)n2-c2ccccc2)c1)Oc1ccc(C)cc1C.CCCCCCCCN(CCCCCCCC)S(=O)(=O)c1ccc(Cl)c(NC(=O)C(=Nc2ccc(N(CC)CCNS(C)(=O)=O)cc2C)c2nc3ccccc3c(=O)n2-c2ccncc2)c1. The molecule has 0 aliphatic heterocycles. The number of hydrogen-bond acceptors (Lipinski definition) is 21. The number of sulfonamides is 3. The number of carbonyl (C=O) groups excluding carboxylic acids is 2. The molecule has 3 heterocycles. The molecule has 28 nitrogen and oxygen atoms in total. The van der Waals surface area contributed by atoms with Gasteiger partial charge in [-0.25, -0.2) is 54.7 Å². The average Bonchev–Trinajstić information content (AvgIpc) is 0.595. The monoisotopic (exact) mass is 1890 g/mol. The zero-order chi connectivity index (χ0) is 93.8. The van der Waals surface area contributed by atoms with Gasteiger partial charge in [-0.05, 0) is 198 Å². The number of para-hydroxylation sites is 2. The Morgan fingerprint density at radius 1 is 0.515 bits per heavy atom. The number of aryl methyl sites for hydroxylation is 4. The van der Waals surface area contributed by atoms with Crippen LogP contribution in [0.5, 0.6) is 11.5 Å². The number of amides is 2.